The van der Waals surface area contributed by atoms with Crippen molar-refractivity contribution in [3.63, 3.8) is 0 Å². The molecule has 0 aromatic heterocycles. The number of anilines is 1. The predicted molar refractivity (Wildman–Crippen MR) is 122 cm³/mol. The minimum atomic E-state index is -3.94. The van der Waals surface area contributed by atoms with Crippen molar-refractivity contribution >= 4 is 27.7 Å². The van der Waals surface area contributed by atoms with Gasteiger partial charge < -0.3 is 5.32 Å². The molecule has 1 unspecified atom stereocenters. The molecule has 1 saturated heterocycles. The summed E-state index contributed by atoms with van der Waals surface area (Å²) in [6.07, 6.45) is -1.15. The lowest BCUT2D eigenvalue weighted by Gasteiger charge is -2.38. The fourth-order valence-electron chi connectivity index (χ4n) is 4.02. The number of benzene rings is 2. The van der Waals surface area contributed by atoms with Gasteiger partial charge in [0.2, 0.25) is 11.8 Å². The first kappa shape index (κ1) is 26.0. The number of nitrogens with zero attached hydrogens (tertiary/aromatic N) is 2. The van der Waals surface area contributed by atoms with Gasteiger partial charge in [0.15, 0.2) is 11.6 Å². The average Bonchev–Trinajstić information content (AvgIpc) is 3.63. The number of carbonyl (C=O) groups excluding carboxylic acids is 2. The number of rotatable bonds is 9. The average molecular weight is 529 g/mol. The van der Waals surface area contributed by atoms with Crippen LogP contribution in [0.4, 0.5) is 23.2 Å². The Morgan fingerprint density at radius 1 is 1.11 bits per heavy atom. The van der Waals surface area contributed by atoms with Gasteiger partial charge in [0.05, 0.1) is 6.54 Å². The molecule has 2 aromatic carbocycles. The molecular weight excluding hydrogens is 504 g/mol. The molecule has 1 aliphatic heterocycles. The van der Waals surface area contributed by atoms with Crippen LogP contribution in [-0.2, 0) is 19.8 Å². The zero-order valence-corrected chi connectivity index (χ0v) is 20.0. The first-order valence-corrected chi connectivity index (χ1v) is 12.6. The Morgan fingerprint density at radius 2 is 1.78 bits per heavy atom. The Bertz CT molecular complexity index is 1280. The second-order valence-electron chi connectivity index (χ2n) is 8.82. The van der Waals surface area contributed by atoms with Crippen molar-refractivity contribution in [2.75, 3.05) is 24.5 Å². The fourth-order valence-corrected chi connectivity index (χ4v) is 5.07. The highest BCUT2D eigenvalue weighted by Gasteiger charge is 2.47. The SMILES string of the molecule is Cc1ccccc1C(C(=O)NC1CC(F)(F)C1)N(C(=O)CNS(=O)(=O)N1CC1)c1ccc(F)c(F)c1. The number of aryl methyl sites for hydroxylation is 1. The minimum Gasteiger partial charge on any atom is -0.351 e. The van der Waals surface area contributed by atoms with Crippen LogP contribution in [0.5, 0.6) is 0 Å². The van der Waals surface area contributed by atoms with Crippen LogP contribution in [0.3, 0.4) is 0 Å². The van der Waals surface area contributed by atoms with Gasteiger partial charge in [-0.2, -0.15) is 17.4 Å². The lowest BCUT2D eigenvalue weighted by molar-refractivity contribution is -0.132. The monoisotopic (exact) mass is 528 g/mol. The second-order valence-corrected chi connectivity index (χ2v) is 10.6. The van der Waals surface area contributed by atoms with Crippen LogP contribution in [0.1, 0.15) is 30.0 Å². The van der Waals surface area contributed by atoms with Gasteiger partial charge >= 0.3 is 0 Å². The number of hydrogen-bond acceptors (Lipinski definition) is 4. The van der Waals surface area contributed by atoms with E-state index in [0.717, 1.165) is 21.3 Å². The molecule has 0 bridgehead atoms. The Labute approximate surface area is 205 Å². The highest BCUT2D eigenvalue weighted by atomic mass is 32.2. The van der Waals surface area contributed by atoms with E-state index in [1.54, 1.807) is 25.1 Å². The van der Waals surface area contributed by atoms with Crippen LogP contribution in [0.2, 0.25) is 0 Å². The van der Waals surface area contributed by atoms with Crippen molar-refractivity contribution in [1.29, 1.82) is 0 Å². The molecule has 1 saturated carbocycles. The zero-order valence-electron chi connectivity index (χ0n) is 19.2. The highest BCUT2D eigenvalue weighted by molar-refractivity contribution is 7.87. The maximum atomic E-state index is 14.2. The van der Waals surface area contributed by atoms with E-state index < -0.39 is 71.1 Å². The van der Waals surface area contributed by atoms with Crippen molar-refractivity contribution < 1.29 is 35.6 Å². The number of carbonyl (C=O) groups is 2. The summed E-state index contributed by atoms with van der Waals surface area (Å²) in [5.74, 6) is -7.16. The van der Waals surface area contributed by atoms with Crippen LogP contribution in [-0.4, -0.2) is 56.1 Å². The number of amides is 2. The van der Waals surface area contributed by atoms with Crippen LogP contribution in [0.15, 0.2) is 42.5 Å². The summed E-state index contributed by atoms with van der Waals surface area (Å²) in [5, 5.41) is 2.50. The summed E-state index contributed by atoms with van der Waals surface area (Å²) < 4.78 is 82.3. The number of alkyl halides is 2. The van der Waals surface area contributed by atoms with Crippen molar-refractivity contribution in [1.82, 2.24) is 14.3 Å². The molecule has 2 aromatic rings. The summed E-state index contributed by atoms with van der Waals surface area (Å²) in [5.41, 5.74) is 0.641. The van der Waals surface area contributed by atoms with Crippen molar-refractivity contribution in [3.8, 4) is 0 Å². The number of nitrogens with one attached hydrogen (secondary N) is 2. The summed E-state index contributed by atoms with van der Waals surface area (Å²) in [6.45, 7) is 1.45. The first-order chi connectivity index (χ1) is 16.9. The minimum absolute atomic E-state index is 0.216. The third kappa shape index (κ3) is 5.68. The summed E-state index contributed by atoms with van der Waals surface area (Å²) in [4.78, 5) is 27.7. The van der Waals surface area contributed by atoms with Crippen LogP contribution in [0.25, 0.3) is 0 Å². The van der Waals surface area contributed by atoms with E-state index in [1.165, 1.54) is 6.07 Å². The molecule has 1 atom stereocenters. The lowest BCUT2D eigenvalue weighted by atomic mass is 9.87. The van der Waals surface area contributed by atoms with E-state index in [4.69, 9.17) is 0 Å². The largest absolute Gasteiger partial charge is 0.351 e. The second kappa shape index (κ2) is 9.79. The molecular formula is C23H24F4N4O4S. The Balaban J connectivity index is 1.73. The standard InChI is InChI=1S/C23H24F4N4O4S/c1-14-4-2-3-5-17(14)21(22(33)29-15-11-23(26,27)12-15)31(16-6-7-18(24)19(25)10-16)20(32)13-28-36(34,35)30-8-9-30/h2-7,10,15,21,28H,8-9,11-13H2,1H3,(H,29,33). The molecule has 0 spiro atoms. The topological polar surface area (TPSA) is 98.6 Å². The summed E-state index contributed by atoms with van der Waals surface area (Å²) >= 11 is 0. The maximum absolute atomic E-state index is 14.2. The van der Waals surface area contributed by atoms with Crippen molar-refractivity contribution in [2.45, 2.75) is 37.8 Å². The van der Waals surface area contributed by atoms with E-state index in [9.17, 15) is 35.6 Å². The maximum Gasteiger partial charge on any atom is 0.280 e. The van der Waals surface area contributed by atoms with Crippen LogP contribution < -0.4 is 14.9 Å². The molecule has 1 aliphatic carbocycles. The van der Waals surface area contributed by atoms with E-state index in [-0.39, 0.29) is 18.8 Å². The van der Waals surface area contributed by atoms with E-state index >= 15 is 0 Å². The van der Waals surface area contributed by atoms with Gasteiger partial charge in [0, 0.05) is 43.7 Å². The van der Waals surface area contributed by atoms with E-state index in [0.29, 0.717) is 17.2 Å². The lowest BCUT2D eigenvalue weighted by Crippen LogP contribution is -2.55. The number of hydrogen-bond donors (Lipinski definition) is 2. The van der Waals surface area contributed by atoms with Gasteiger partial charge in [0.25, 0.3) is 16.1 Å². The molecule has 13 heteroatoms. The van der Waals surface area contributed by atoms with E-state index in [2.05, 4.69) is 10.0 Å². The molecule has 0 radical (unpaired) electrons. The molecule has 36 heavy (non-hydrogen) atoms. The molecule has 2 aliphatic rings. The summed E-state index contributed by atoms with van der Waals surface area (Å²) in [6, 6.07) is 6.70. The third-order valence-electron chi connectivity index (χ3n) is 6.03. The van der Waals surface area contributed by atoms with Crippen molar-refractivity contribution in [2.24, 2.45) is 0 Å². The van der Waals surface area contributed by atoms with Gasteiger partial charge in [-0.1, -0.05) is 24.3 Å². The smallest absolute Gasteiger partial charge is 0.280 e. The predicted octanol–water partition coefficient (Wildman–Crippen LogP) is 2.41. The van der Waals surface area contributed by atoms with E-state index in [1.807, 2.05) is 0 Å². The highest BCUT2D eigenvalue weighted by Crippen LogP contribution is 2.38. The molecule has 1 heterocycles. The molecule has 2 fully saturated rings. The van der Waals surface area contributed by atoms with Gasteiger partial charge in [-0.15, -0.1) is 0 Å². The van der Waals surface area contributed by atoms with Crippen LogP contribution >= 0.6 is 0 Å². The molecule has 8 nitrogen and oxygen atoms in total. The Morgan fingerprint density at radius 3 is 2.36 bits per heavy atom. The third-order valence-corrected chi connectivity index (χ3v) is 7.58. The zero-order chi connectivity index (χ0) is 26.3. The molecule has 2 amide bonds. The fraction of sp³-hybridized carbons (Fsp3) is 0.391. The number of halogens is 4. The Hall–Kier alpha value is -3.03. The quantitative estimate of drug-likeness (QED) is 0.386. The van der Waals surface area contributed by atoms with Gasteiger partial charge in [0.1, 0.15) is 6.04 Å². The molecule has 2 N–H and O–H groups in total. The molecule has 4 rings (SSSR count). The van der Waals surface area contributed by atoms with Crippen LogP contribution in [0, 0.1) is 18.6 Å². The normalized spacial score (nSPS) is 18.2. The van der Waals surface area contributed by atoms with Gasteiger partial charge in [-0.05, 0) is 30.2 Å². The molecule has 194 valence electrons. The van der Waals surface area contributed by atoms with Gasteiger partial charge in [-0.25, -0.2) is 17.6 Å². The summed E-state index contributed by atoms with van der Waals surface area (Å²) in [7, 11) is -3.94. The van der Waals surface area contributed by atoms with Crippen molar-refractivity contribution in [3.05, 3.63) is 65.2 Å². The first-order valence-electron chi connectivity index (χ1n) is 11.1. The van der Waals surface area contributed by atoms with Gasteiger partial charge in [-0.3, -0.25) is 14.5 Å². The Kier molecular flexibility index (Phi) is 7.08.